The number of aromatic amines is 4. The van der Waals surface area contributed by atoms with Gasteiger partial charge in [0.1, 0.15) is 47.0 Å². The van der Waals surface area contributed by atoms with E-state index >= 15 is 0 Å². The summed E-state index contributed by atoms with van der Waals surface area (Å²) in [4.78, 5) is 78.0. The Kier molecular flexibility index (Phi) is 38.0. The standard InChI is InChI=1S/C31H48ClN5O3.C23H22ClN5O5.C21H24ClN5O3.C18H22ClN5O3/c1-6-10-22(3)12-8-9-13-26(15-14-23(4)11-7-2)31(38)40-21-39-20-33-27-18-16-25(17-19-27)29-34-30-28(32)24(5)35-37(30)36-29;1-14-19(24)22-26-21(28-29(22)27-14)17-9-6-10-18(11-17)25-12-32-13-33-23(31)20(34-15(2)30)16-7-4-3-5-8-16;1-13-5-3-4-6-17(13)21(28)30-12-29-11-23-16-9-7-15(8-10-16)19-24-20-18(22)14(2)25-27(20)26-19;1-11(2)8-15(25)27-10-26-9-20-14-6-4-13(5-7-14)17-21-18-16(19)12(3)22-24(18)23-17/h16-19,22-23,26,33,35H,6-15,20-21H2,1-5H3;3-11,20,25,27H,12-13H2,1-2H3;7-10,23,25H,3-6,11-12H2,1-2H3;4-7,11,20,22H,8-10H2,1-3H3. The molecule has 1 aliphatic rings. The molecule has 700 valence electrons. The van der Waals surface area contributed by atoms with Gasteiger partial charge in [0.05, 0.1) is 28.7 Å². The summed E-state index contributed by atoms with van der Waals surface area (Å²) < 4.78 is 53.8. The predicted octanol–water partition coefficient (Wildman–Crippen LogP) is 20.4. The summed E-state index contributed by atoms with van der Waals surface area (Å²) in [7, 11) is 0. The van der Waals surface area contributed by atoms with Crippen molar-refractivity contribution in [1.29, 1.82) is 0 Å². The van der Waals surface area contributed by atoms with Crippen LogP contribution in [-0.2, 0) is 66.6 Å². The molecule has 14 rings (SSSR count). The second-order valence-electron chi connectivity index (χ2n) is 32.5. The van der Waals surface area contributed by atoms with Gasteiger partial charge >= 0.3 is 29.8 Å². The summed E-state index contributed by atoms with van der Waals surface area (Å²) in [5, 5.41) is 44.5. The van der Waals surface area contributed by atoms with Crippen molar-refractivity contribution in [2.45, 2.75) is 186 Å². The fourth-order valence-electron chi connectivity index (χ4n) is 14.3. The number of esters is 5. The van der Waals surface area contributed by atoms with Crippen LogP contribution in [0.3, 0.4) is 0 Å². The van der Waals surface area contributed by atoms with Crippen LogP contribution in [0.1, 0.15) is 186 Å². The number of allylic oxidation sites excluding steroid dienone is 1. The first-order chi connectivity index (χ1) is 63.2. The number of ether oxygens (including phenoxy) is 9. The molecule has 0 radical (unpaired) electrons. The molecule has 8 N–H and O–H groups in total. The summed E-state index contributed by atoms with van der Waals surface area (Å²) in [5.41, 5.74) is 14.9. The topological polar surface area (TPSA) is 400 Å². The minimum absolute atomic E-state index is 0.0488. The predicted molar refractivity (Wildman–Crippen MR) is 503 cm³/mol. The van der Waals surface area contributed by atoms with E-state index in [0.717, 1.165) is 136 Å². The average Bonchev–Trinajstić information content (AvgIpc) is 1.65. The van der Waals surface area contributed by atoms with Crippen molar-refractivity contribution in [3.05, 3.63) is 187 Å². The molecule has 131 heavy (non-hydrogen) atoms. The molecule has 34 nitrogen and oxygen atoms in total. The lowest BCUT2D eigenvalue weighted by atomic mass is 9.90. The summed E-state index contributed by atoms with van der Waals surface area (Å²) in [5.74, 6) is 1.94. The monoisotopic (exact) mass is 1880 g/mol. The third-order valence-electron chi connectivity index (χ3n) is 21.4. The molecule has 4 atom stereocenters. The van der Waals surface area contributed by atoms with Gasteiger partial charge in [0.15, 0.2) is 73.1 Å². The number of nitrogens with zero attached hydrogens (tertiary/aromatic N) is 12. The molecule has 13 aromatic rings. The molecular weight excluding hydrogens is 1760 g/mol. The van der Waals surface area contributed by atoms with Crippen molar-refractivity contribution < 1.29 is 66.6 Å². The van der Waals surface area contributed by atoms with E-state index in [9.17, 15) is 24.0 Å². The number of hydrogen-bond acceptors (Lipinski definition) is 26. The third kappa shape index (κ3) is 29.3. The van der Waals surface area contributed by atoms with Crippen LogP contribution < -0.4 is 21.3 Å². The Bertz CT molecular complexity index is 5880. The zero-order valence-electron chi connectivity index (χ0n) is 75.9. The highest BCUT2D eigenvalue weighted by Gasteiger charge is 2.27. The smallest absolute Gasteiger partial charge is 0.354 e. The zero-order chi connectivity index (χ0) is 93.5. The van der Waals surface area contributed by atoms with Crippen molar-refractivity contribution in [3.8, 4) is 45.6 Å². The van der Waals surface area contributed by atoms with E-state index in [1.54, 1.807) is 44.2 Å². The molecule has 0 bridgehead atoms. The van der Waals surface area contributed by atoms with E-state index in [0.29, 0.717) is 83.9 Å². The number of H-pyrrole nitrogens is 4. The number of halogens is 4. The molecule has 0 saturated heterocycles. The van der Waals surface area contributed by atoms with Gasteiger partial charge in [-0.25, -0.2) is 29.5 Å². The maximum atomic E-state index is 12.9. The van der Waals surface area contributed by atoms with E-state index in [4.69, 9.17) is 89.0 Å². The van der Waals surface area contributed by atoms with E-state index in [1.807, 2.05) is 146 Å². The molecule has 0 aliphatic heterocycles. The number of benzene rings is 5. The van der Waals surface area contributed by atoms with Gasteiger partial charge in [-0.05, 0) is 182 Å². The number of rotatable bonds is 43. The van der Waals surface area contributed by atoms with Crippen molar-refractivity contribution in [2.24, 2.45) is 23.7 Å². The van der Waals surface area contributed by atoms with Gasteiger partial charge < -0.3 is 63.9 Å². The molecule has 0 spiro atoms. The van der Waals surface area contributed by atoms with Gasteiger partial charge in [-0.3, -0.25) is 34.8 Å². The van der Waals surface area contributed by atoms with E-state index in [2.05, 4.69) is 110 Å². The van der Waals surface area contributed by atoms with Gasteiger partial charge in [0, 0.05) is 69.5 Å². The van der Waals surface area contributed by atoms with Gasteiger partial charge in [-0.1, -0.05) is 181 Å². The summed E-state index contributed by atoms with van der Waals surface area (Å²) >= 11 is 24.9. The molecule has 0 amide bonds. The molecule has 38 heteroatoms. The lowest BCUT2D eigenvalue weighted by Gasteiger charge is -2.19. The highest BCUT2D eigenvalue weighted by atomic mass is 35.5. The van der Waals surface area contributed by atoms with Crippen LogP contribution in [0.2, 0.25) is 20.1 Å². The Morgan fingerprint density at radius 2 is 0.824 bits per heavy atom. The zero-order valence-corrected chi connectivity index (χ0v) is 78.9. The molecular formula is C93H116Cl4N20O14. The number of aromatic nitrogens is 16. The maximum absolute atomic E-state index is 12.9. The average molecular weight is 1880 g/mol. The summed E-state index contributed by atoms with van der Waals surface area (Å²) in [6.07, 6.45) is 14.4. The number of fused-ring (bicyclic) bond motifs is 4. The van der Waals surface area contributed by atoms with Crippen LogP contribution in [0.15, 0.2) is 139 Å². The highest BCUT2D eigenvalue weighted by Crippen LogP contribution is 2.32. The Morgan fingerprint density at radius 3 is 1.24 bits per heavy atom. The quantitative estimate of drug-likeness (QED) is 0.00761. The Hall–Kier alpha value is -11.9. The number of hydrogen-bond donors (Lipinski definition) is 8. The molecule has 8 aromatic heterocycles. The Labute approximate surface area is 779 Å². The third-order valence-corrected chi connectivity index (χ3v) is 23.2. The fraction of sp³-hybridized carbons (Fsp3) is 0.430. The number of aryl methyl sites for hydroxylation is 4. The van der Waals surface area contributed by atoms with Gasteiger partial charge in [-0.15, -0.1) is 20.4 Å². The van der Waals surface area contributed by atoms with Crippen molar-refractivity contribution >= 4 is 122 Å². The second-order valence-corrected chi connectivity index (χ2v) is 34.0. The fourth-order valence-corrected chi connectivity index (χ4v) is 14.9. The summed E-state index contributed by atoms with van der Waals surface area (Å²) in [6.45, 7) is 23.9. The number of carbonyl (C=O) groups excluding carboxylic acids is 5. The minimum atomic E-state index is -1.15. The second kappa shape index (κ2) is 49.9. The molecule has 1 aliphatic carbocycles. The Morgan fingerprint density at radius 1 is 0.427 bits per heavy atom. The van der Waals surface area contributed by atoms with E-state index in [-0.39, 0.29) is 83.8 Å². The van der Waals surface area contributed by atoms with Crippen molar-refractivity contribution in [1.82, 2.24) is 79.2 Å². The molecule has 5 aromatic carbocycles. The lowest BCUT2D eigenvalue weighted by Crippen LogP contribution is -2.22. The lowest BCUT2D eigenvalue weighted by molar-refractivity contribution is -0.175. The highest BCUT2D eigenvalue weighted by molar-refractivity contribution is 6.35. The molecule has 4 unspecified atom stereocenters. The first kappa shape index (κ1) is 99.7. The molecule has 0 saturated carbocycles. The van der Waals surface area contributed by atoms with Crippen molar-refractivity contribution in [3.63, 3.8) is 0 Å². The molecule has 8 heterocycles. The van der Waals surface area contributed by atoms with Crippen LogP contribution in [-0.4, -0.2) is 163 Å². The largest absolute Gasteiger partial charge is 0.446 e. The van der Waals surface area contributed by atoms with Crippen LogP contribution in [0.5, 0.6) is 0 Å². The SMILES string of the molecule is CC(=O)OC(C(=O)OCOCNc1cccc(-c2nc3c(Cl)c(C)[nH]n3n2)c1)c1ccccc1.CC1=C(C(=O)OCOCNc2ccc(-c3nc4c(Cl)c(C)[nH]n4n3)cc2)CCCC1.CCCC(C)CCCCC(CCC(C)CCC)C(=O)OCOCNc1ccc(-c2nc3c(Cl)c(C)[nH]n3n2)cc1.Cc1[nH]n2nc(-c3ccc(NCOCOC(=O)CC(C)C)cc3)nc2c1Cl. The first-order valence-electron chi connectivity index (χ1n) is 43.9. The number of carbonyl (C=O) groups is 5. The van der Waals surface area contributed by atoms with E-state index in [1.165, 1.54) is 50.1 Å². The minimum Gasteiger partial charge on any atom is -0.446 e. The maximum Gasteiger partial charge on any atom is 0.354 e. The van der Waals surface area contributed by atoms with Gasteiger partial charge in [0.2, 0.25) is 6.10 Å². The first-order valence-corrected chi connectivity index (χ1v) is 45.4. The van der Waals surface area contributed by atoms with Gasteiger partial charge in [-0.2, -0.15) is 18.5 Å². The van der Waals surface area contributed by atoms with E-state index < -0.39 is 18.0 Å². The number of anilines is 4. The van der Waals surface area contributed by atoms with Crippen LogP contribution in [0.25, 0.3) is 68.1 Å². The number of nitrogens with one attached hydrogen (secondary N) is 8. The van der Waals surface area contributed by atoms with Gasteiger partial charge in [0.25, 0.3) is 0 Å². The summed E-state index contributed by atoms with van der Waals surface area (Å²) in [6, 6.07) is 39.0. The Balaban J connectivity index is 0.000000170. The van der Waals surface area contributed by atoms with Crippen LogP contribution in [0, 0.1) is 51.4 Å². The normalized spacial score (nSPS) is 12.9. The van der Waals surface area contributed by atoms with Crippen LogP contribution >= 0.6 is 46.4 Å². The number of unbranched alkanes of at least 4 members (excludes halogenated alkanes) is 1. The van der Waals surface area contributed by atoms with Crippen LogP contribution in [0.4, 0.5) is 22.7 Å². The van der Waals surface area contributed by atoms with Crippen molar-refractivity contribution in [2.75, 3.05) is 75.4 Å². The molecule has 0 fully saturated rings.